The Morgan fingerprint density at radius 1 is 1.67 bits per heavy atom. The minimum absolute atomic E-state index is 0.313. The van der Waals surface area contributed by atoms with Crippen molar-refractivity contribution in [2.75, 3.05) is 6.61 Å². The van der Waals surface area contributed by atoms with E-state index in [0.29, 0.717) is 18.4 Å². The molecule has 0 aliphatic carbocycles. The lowest BCUT2D eigenvalue weighted by Crippen LogP contribution is -1.91. The number of hydrogen-bond donors (Lipinski definition) is 0. The van der Waals surface area contributed by atoms with Crippen LogP contribution in [0.25, 0.3) is 0 Å². The van der Waals surface area contributed by atoms with Crippen molar-refractivity contribution in [3.8, 4) is 0 Å². The first-order valence-electron chi connectivity index (χ1n) is 3.94. The summed E-state index contributed by atoms with van der Waals surface area (Å²) in [6.45, 7) is 3.29. The van der Waals surface area contributed by atoms with Crippen LogP contribution in [0.3, 0.4) is 0 Å². The minimum Gasteiger partial charge on any atom is -0.442 e. The van der Waals surface area contributed by atoms with Crippen molar-refractivity contribution in [2.45, 2.75) is 25.8 Å². The molecule has 1 rings (SSSR count). The fraction of sp³-hybridized carbons (Fsp3) is 0.625. The Bertz CT molecular complexity index is 225. The van der Waals surface area contributed by atoms with Gasteiger partial charge in [-0.1, -0.05) is 6.92 Å². The van der Waals surface area contributed by atoms with Gasteiger partial charge in [0.1, 0.15) is 12.4 Å². The average Bonchev–Trinajstić information content (AvgIpc) is 2.53. The largest absolute Gasteiger partial charge is 0.442 e. The van der Waals surface area contributed by atoms with Crippen LogP contribution in [0, 0.1) is 0 Å². The quantitative estimate of drug-likeness (QED) is 0.527. The molecule has 0 amide bonds. The summed E-state index contributed by atoms with van der Waals surface area (Å²) < 4.78 is 10.5. The van der Waals surface area contributed by atoms with Gasteiger partial charge in [-0.2, -0.15) is 0 Å². The van der Waals surface area contributed by atoms with Crippen molar-refractivity contribution < 1.29 is 9.15 Å². The van der Waals surface area contributed by atoms with E-state index >= 15 is 0 Å². The van der Waals surface area contributed by atoms with Crippen molar-refractivity contribution in [1.82, 2.24) is 4.98 Å². The zero-order chi connectivity index (χ0) is 8.81. The predicted octanol–water partition coefficient (Wildman–Crippen LogP) is 2.34. The maximum atomic E-state index is 5.50. The van der Waals surface area contributed by atoms with E-state index in [2.05, 4.69) is 11.9 Å². The van der Waals surface area contributed by atoms with Crippen LogP contribution in [0.5, 0.6) is 0 Å². The molecule has 4 heteroatoms. The first-order chi connectivity index (χ1) is 5.86. The van der Waals surface area contributed by atoms with E-state index in [4.69, 9.17) is 20.8 Å². The molecule has 1 aromatic rings. The van der Waals surface area contributed by atoms with Crippen LogP contribution in [0.15, 0.2) is 10.6 Å². The summed E-state index contributed by atoms with van der Waals surface area (Å²) in [5, 5.41) is 0. The van der Waals surface area contributed by atoms with Crippen LogP contribution in [0.4, 0.5) is 0 Å². The van der Waals surface area contributed by atoms with Gasteiger partial charge < -0.3 is 9.15 Å². The summed E-state index contributed by atoms with van der Waals surface area (Å²) in [5.41, 5.74) is 0. The molecule has 0 unspecified atom stereocenters. The van der Waals surface area contributed by atoms with Gasteiger partial charge in [-0.25, -0.2) is 4.98 Å². The standard InChI is InChI=1S/C8H12ClNO2/c1-2-3-11-6-7-5-10-8(4-9)12-7/h5H,2-4,6H2,1H3. The van der Waals surface area contributed by atoms with Crippen molar-refractivity contribution in [3.63, 3.8) is 0 Å². The van der Waals surface area contributed by atoms with Crippen molar-refractivity contribution in [2.24, 2.45) is 0 Å². The zero-order valence-corrected chi connectivity index (χ0v) is 7.80. The number of hydrogen-bond acceptors (Lipinski definition) is 3. The monoisotopic (exact) mass is 189 g/mol. The molecule has 1 aromatic heterocycles. The van der Waals surface area contributed by atoms with Gasteiger partial charge >= 0.3 is 0 Å². The highest BCUT2D eigenvalue weighted by Crippen LogP contribution is 2.07. The first-order valence-corrected chi connectivity index (χ1v) is 4.47. The van der Waals surface area contributed by atoms with Crippen LogP contribution < -0.4 is 0 Å². The van der Waals surface area contributed by atoms with Gasteiger partial charge in [0.15, 0.2) is 0 Å². The Morgan fingerprint density at radius 2 is 2.50 bits per heavy atom. The maximum Gasteiger partial charge on any atom is 0.209 e. The van der Waals surface area contributed by atoms with Crippen LogP contribution in [0.1, 0.15) is 25.0 Å². The predicted molar refractivity (Wildman–Crippen MR) is 46.0 cm³/mol. The number of aromatic nitrogens is 1. The Morgan fingerprint density at radius 3 is 3.08 bits per heavy atom. The van der Waals surface area contributed by atoms with Gasteiger partial charge in [-0.05, 0) is 6.42 Å². The molecule has 0 N–H and O–H groups in total. The van der Waals surface area contributed by atoms with Gasteiger partial charge in [0.25, 0.3) is 0 Å². The summed E-state index contributed by atoms with van der Waals surface area (Å²) in [7, 11) is 0. The molecule has 0 radical (unpaired) electrons. The summed E-state index contributed by atoms with van der Waals surface area (Å²) in [5.74, 6) is 1.60. The second-order valence-electron chi connectivity index (χ2n) is 2.41. The number of halogens is 1. The minimum atomic E-state index is 0.313. The van der Waals surface area contributed by atoms with E-state index in [1.54, 1.807) is 6.20 Å². The second-order valence-corrected chi connectivity index (χ2v) is 2.67. The van der Waals surface area contributed by atoms with E-state index in [9.17, 15) is 0 Å². The molecule has 0 atom stereocenters. The number of alkyl halides is 1. The molecule has 68 valence electrons. The summed E-state index contributed by atoms with van der Waals surface area (Å²) in [6.07, 6.45) is 2.66. The number of ether oxygens (including phenoxy) is 1. The van der Waals surface area contributed by atoms with Crippen LogP contribution >= 0.6 is 11.6 Å². The molecule has 0 aromatic carbocycles. The van der Waals surface area contributed by atoms with E-state index in [1.165, 1.54) is 0 Å². The second kappa shape index (κ2) is 5.17. The molecule has 0 fully saturated rings. The first kappa shape index (κ1) is 9.55. The normalized spacial score (nSPS) is 10.5. The molecule has 0 aliphatic rings. The van der Waals surface area contributed by atoms with Crippen molar-refractivity contribution in [1.29, 1.82) is 0 Å². The Hall–Kier alpha value is -0.540. The van der Waals surface area contributed by atoms with Crippen LogP contribution in [-0.2, 0) is 17.2 Å². The zero-order valence-electron chi connectivity index (χ0n) is 7.05. The van der Waals surface area contributed by atoms with Gasteiger partial charge in [-0.15, -0.1) is 11.6 Å². The van der Waals surface area contributed by atoms with Crippen LogP contribution in [-0.4, -0.2) is 11.6 Å². The third kappa shape index (κ3) is 2.83. The van der Waals surface area contributed by atoms with E-state index in [-0.39, 0.29) is 0 Å². The molecule has 0 bridgehead atoms. The summed E-state index contributed by atoms with van der Waals surface area (Å²) in [4.78, 5) is 3.93. The van der Waals surface area contributed by atoms with Gasteiger partial charge in [0.2, 0.25) is 5.89 Å². The molecular weight excluding hydrogens is 178 g/mol. The third-order valence-corrected chi connectivity index (χ3v) is 1.54. The molecule has 0 aliphatic heterocycles. The van der Waals surface area contributed by atoms with E-state index < -0.39 is 0 Å². The third-order valence-electron chi connectivity index (χ3n) is 1.31. The smallest absolute Gasteiger partial charge is 0.209 e. The fourth-order valence-electron chi connectivity index (χ4n) is 0.794. The molecule has 0 saturated heterocycles. The van der Waals surface area contributed by atoms with Gasteiger partial charge in [0.05, 0.1) is 12.1 Å². The number of oxazole rings is 1. The molecular formula is C8H12ClNO2. The SMILES string of the molecule is CCCOCc1cnc(CCl)o1. The van der Waals surface area contributed by atoms with E-state index in [0.717, 1.165) is 18.8 Å². The Labute approximate surface area is 76.7 Å². The van der Waals surface area contributed by atoms with Crippen LogP contribution in [0.2, 0.25) is 0 Å². The molecule has 12 heavy (non-hydrogen) atoms. The van der Waals surface area contributed by atoms with Gasteiger partial charge in [-0.3, -0.25) is 0 Å². The lowest BCUT2D eigenvalue weighted by atomic mass is 10.5. The van der Waals surface area contributed by atoms with E-state index in [1.807, 2.05) is 0 Å². The van der Waals surface area contributed by atoms with Crippen molar-refractivity contribution in [3.05, 3.63) is 17.8 Å². The highest BCUT2D eigenvalue weighted by atomic mass is 35.5. The molecule has 3 nitrogen and oxygen atoms in total. The Kier molecular flexibility index (Phi) is 4.11. The lowest BCUT2D eigenvalue weighted by molar-refractivity contribution is 0.106. The average molecular weight is 190 g/mol. The number of rotatable bonds is 5. The molecule has 1 heterocycles. The highest BCUT2D eigenvalue weighted by Gasteiger charge is 2.01. The summed E-state index contributed by atoms with van der Waals surface area (Å²) in [6, 6.07) is 0. The van der Waals surface area contributed by atoms with Crippen molar-refractivity contribution >= 4 is 11.6 Å². The lowest BCUT2D eigenvalue weighted by Gasteiger charge is -1.96. The molecule has 0 spiro atoms. The Balaban J connectivity index is 2.31. The maximum absolute atomic E-state index is 5.50. The fourth-order valence-corrected chi connectivity index (χ4v) is 0.917. The molecule has 0 saturated carbocycles. The number of nitrogens with zero attached hydrogens (tertiary/aromatic N) is 1. The van der Waals surface area contributed by atoms with Gasteiger partial charge in [0, 0.05) is 6.61 Å². The topological polar surface area (TPSA) is 35.3 Å². The highest BCUT2D eigenvalue weighted by molar-refractivity contribution is 6.16. The summed E-state index contributed by atoms with van der Waals surface area (Å²) >= 11 is 5.50.